The van der Waals surface area contributed by atoms with Crippen molar-refractivity contribution < 1.29 is 77.1 Å². The average molecular weight is 844 g/mol. The lowest BCUT2D eigenvalue weighted by Gasteiger charge is -2.50. The number of rotatable bonds is 12. The van der Waals surface area contributed by atoms with Gasteiger partial charge in [0, 0.05) is 39.7 Å². The molecule has 4 aliphatic heterocycles. The fraction of sp³-hybridized carbons (Fsp3) is 0.857. The van der Waals surface area contributed by atoms with E-state index in [0.29, 0.717) is 12.7 Å². The average Bonchev–Trinajstić information content (AvgIpc) is 3.85. The summed E-state index contributed by atoms with van der Waals surface area (Å²) in [7, 11) is 4.85. The molecule has 0 aromatic rings. The molecule has 0 aromatic carbocycles. The second kappa shape index (κ2) is 21.5. The van der Waals surface area contributed by atoms with Crippen LogP contribution in [0.5, 0.6) is 0 Å². The molecular weight excluding hydrogens is 774 g/mol. The summed E-state index contributed by atoms with van der Waals surface area (Å²) < 4.78 is 54.4. The highest BCUT2D eigenvalue weighted by molar-refractivity contribution is 5.72. The van der Waals surface area contributed by atoms with Crippen LogP contribution in [0.4, 0.5) is 0 Å². The van der Waals surface area contributed by atoms with Gasteiger partial charge in [0.05, 0.1) is 43.0 Å². The summed E-state index contributed by atoms with van der Waals surface area (Å²) in [6, 6.07) is -0.786. The standard InChI is InChI=1S/C42H69NO16/c1-21(2)16-32(47)57-40-25(6)53-34(20-42(40,8)50)58-37-24(5)54-41(36(49)35(37)43(9)10)59-38-27(14-15-44)17-22(3)28(46)12-13-29-30(56-29)18-23(4)52-33(48)19-31(39(38)51-11)55-26(7)45/h12-13,15,21-25,27-31,34-41,46,49-50H,14,16-20H2,1-11H3/b13-12+/t22-,23-,24?,25?,27+,28+,29-,30+,31-,34?,35?,36?,37?,38+,39-,40?,41?,42?/m1/s1. The number of hydrogen-bond acceptors (Lipinski definition) is 17. The molecule has 18 atom stereocenters. The highest BCUT2D eigenvalue weighted by Gasteiger charge is 2.53. The summed E-state index contributed by atoms with van der Waals surface area (Å²) in [6.45, 7) is 13.5. The minimum atomic E-state index is -1.50. The Bertz CT molecular complexity index is 1420. The van der Waals surface area contributed by atoms with E-state index in [4.69, 9.17) is 42.6 Å². The summed E-state index contributed by atoms with van der Waals surface area (Å²) in [5, 5.41) is 34.8. The van der Waals surface area contributed by atoms with Gasteiger partial charge in [0.25, 0.3) is 0 Å². The molecule has 4 aliphatic rings. The number of methoxy groups -OCH3 is 1. The van der Waals surface area contributed by atoms with Crippen molar-refractivity contribution in [2.45, 2.75) is 191 Å². The van der Waals surface area contributed by atoms with Gasteiger partial charge in [-0.3, -0.25) is 14.4 Å². The van der Waals surface area contributed by atoms with Crippen LogP contribution in [-0.4, -0.2) is 163 Å². The van der Waals surface area contributed by atoms with Crippen LogP contribution in [-0.2, 0) is 61.8 Å². The largest absolute Gasteiger partial charge is 0.462 e. The van der Waals surface area contributed by atoms with E-state index in [1.54, 1.807) is 58.8 Å². The number of epoxide rings is 1. The maximum Gasteiger partial charge on any atom is 0.309 e. The Kier molecular flexibility index (Phi) is 17.9. The SMILES string of the molecule is CO[C@H]1[C@@H](OC2OC(C)C(OC3CC(C)(O)C(OC(=O)CC(C)C)C(C)O3)C(N(C)C)C2O)[C@@H](CC=O)C[C@@H](C)[C@@H](O)/C=C/[C@H]2O[C@H]2C[C@@H](C)OC(=O)C[C@H]1OC(C)=O. The fourth-order valence-corrected chi connectivity index (χ4v) is 8.62. The lowest BCUT2D eigenvalue weighted by molar-refractivity contribution is -0.344. The van der Waals surface area contributed by atoms with E-state index in [1.807, 2.05) is 20.8 Å². The van der Waals surface area contributed by atoms with E-state index in [-0.39, 0.29) is 43.8 Å². The number of aliphatic hydroxyl groups excluding tert-OH is 2. The van der Waals surface area contributed by atoms with Gasteiger partial charge in [-0.2, -0.15) is 0 Å². The highest BCUT2D eigenvalue weighted by Crippen LogP contribution is 2.38. The molecule has 17 heteroatoms. The molecular formula is C42H69NO16. The molecule has 9 unspecified atom stereocenters. The predicted molar refractivity (Wildman–Crippen MR) is 209 cm³/mol. The van der Waals surface area contributed by atoms with Crippen molar-refractivity contribution in [2.24, 2.45) is 17.8 Å². The number of ether oxygens (including phenoxy) is 9. The number of aldehydes is 1. The van der Waals surface area contributed by atoms with Gasteiger partial charge in [0.1, 0.15) is 48.5 Å². The van der Waals surface area contributed by atoms with Crippen LogP contribution >= 0.6 is 0 Å². The van der Waals surface area contributed by atoms with Gasteiger partial charge in [-0.25, -0.2) is 0 Å². The number of aliphatic hydroxyl groups is 3. The van der Waals surface area contributed by atoms with Crippen LogP contribution in [0.15, 0.2) is 12.2 Å². The second-order valence-corrected chi connectivity index (χ2v) is 17.7. The Morgan fingerprint density at radius 1 is 0.983 bits per heavy atom. The van der Waals surface area contributed by atoms with Crippen LogP contribution in [0.1, 0.15) is 93.9 Å². The van der Waals surface area contributed by atoms with Crippen LogP contribution in [0.2, 0.25) is 0 Å². The molecule has 338 valence electrons. The van der Waals surface area contributed by atoms with Gasteiger partial charge in [-0.15, -0.1) is 0 Å². The normalized spacial score (nSPS) is 43.0. The summed E-state index contributed by atoms with van der Waals surface area (Å²) in [5.74, 6) is -2.85. The Hall–Kier alpha value is -2.58. The zero-order valence-electron chi connectivity index (χ0n) is 36.5. The molecule has 0 bridgehead atoms. The van der Waals surface area contributed by atoms with E-state index in [9.17, 15) is 34.5 Å². The first-order chi connectivity index (χ1) is 27.6. The smallest absolute Gasteiger partial charge is 0.309 e. The number of hydrogen-bond donors (Lipinski definition) is 3. The molecule has 17 nitrogen and oxygen atoms in total. The molecule has 4 heterocycles. The third-order valence-corrected chi connectivity index (χ3v) is 11.6. The molecule has 0 saturated carbocycles. The molecule has 0 aliphatic carbocycles. The van der Waals surface area contributed by atoms with Gasteiger partial charge in [0.15, 0.2) is 18.7 Å². The zero-order valence-corrected chi connectivity index (χ0v) is 36.5. The molecule has 3 N–H and O–H groups in total. The third kappa shape index (κ3) is 13.5. The highest BCUT2D eigenvalue weighted by atomic mass is 16.7. The Balaban J connectivity index is 1.63. The number of carbonyl (C=O) groups is 4. The third-order valence-electron chi connectivity index (χ3n) is 11.6. The Labute approximate surface area is 348 Å². The number of carbonyl (C=O) groups excluding carboxylic acids is 4. The first kappa shape index (κ1) is 49.1. The second-order valence-electron chi connectivity index (χ2n) is 17.7. The minimum Gasteiger partial charge on any atom is -0.462 e. The van der Waals surface area contributed by atoms with Crippen molar-refractivity contribution in [3.63, 3.8) is 0 Å². The van der Waals surface area contributed by atoms with Crippen molar-refractivity contribution in [1.29, 1.82) is 0 Å². The van der Waals surface area contributed by atoms with Crippen molar-refractivity contribution in [1.82, 2.24) is 4.90 Å². The summed E-state index contributed by atoms with van der Waals surface area (Å²) in [6.07, 6.45) is -8.10. The quantitative estimate of drug-likeness (QED) is 0.0844. The van der Waals surface area contributed by atoms with Crippen molar-refractivity contribution >= 4 is 24.2 Å². The van der Waals surface area contributed by atoms with Crippen molar-refractivity contribution in [2.75, 3.05) is 21.2 Å². The van der Waals surface area contributed by atoms with Gasteiger partial charge in [0.2, 0.25) is 0 Å². The minimum absolute atomic E-state index is 0.0481. The number of esters is 3. The molecule has 3 saturated heterocycles. The Morgan fingerprint density at radius 3 is 2.27 bits per heavy atom. The van der Waals surface area contributed by atoms with Crippen molar-refractivity contribution in [3.8, 4) is 0 Å². The van der Waals surface area contributed by atoms with E-state index in [1.165, 1.54) is 14.0 Å². The van der Waals surface area contributed by atoms with Gasteiger partial charge >= 0.3 is 17.9 Å². The molecule has 4 rings (SSSR count). The molecule has 0 amide bonds. The Morgan fingerprint density at radius 2 is 1.68 bits per heavy atom. The molecule has 0 radical (unpaired) electrons. The summed E-state index contributed by atoms with van der Waals surface area (Å²) in [4.78, 5) is 52.5. The van der Waals surface area contributed by atoms with Crippen LogP contribution in [0, 0.1) is 17.8 Å². The van der Waals surface area contributed by atoms with E-state index >= 15 is 0 Å². The monoisotopic (exact) mass is 843 g/mol. The summed E-state index contributed by atoms with van der Waals surface area (Å²) in [5.41, 5.74) is -1.50. The van der Waals surface area contributed by atoms with Crippen molar-refractivity contribution in [3.05, 3.63) is 12.2 Å². The first-order valence-corrected chi connectivity index (χ1v) is 20.9. The fourth-order valence-electron chi connectivity index (χ4n) is 8.62. The van der Waals surface area contributed by atoms with Crippen LogP contribution in [0.25, 0.3) is 0 Å². The topological polar surface area (TPSA) is 219 Å². The van der Waals surface area contributed by atoms with Crippen LogP contribution in [0.3, 0.4) is 0 Å². The predicted octanol–water partition coefficient (Wildman–Crippen LogP) is 2.22. The number of nitrogens with zero attached hydrogens (tertiary/aromatic N) is 1. The van der Waals surface area contributed by atoms with E-state index in [2.05, 4.69) is 0 Å². The first-order valence-electron chi connectivity index (χ1n) is 20.9. The van der Waals surface area contributed by atoms with E-state index in [0.717, 1.165) is 0 Å². The molecule has 0 aromatic heterocycles. The van der Waals surface area contributed by atoms with Gasteiger partial charge in [-0.05, 0) is 66.0 Å². The maximum atomic E-state index is 13.3. The zero-order chi connectivity index (χ0) is 43.9. The van der Waals surface area contributed by atoms with Gasteiger partial charge < -0.3 is 67.6 Å². The van der Waals surface area contributed by atoms with Gasteiger partial charge in [-0.1, -0.05) is 32.9 Å². The van der Waals surface area contributed by atoms with Crippen LogP contribution < -0.4 is 0 Å². The number of fused-ring (bicyclic) bond motifs is 1. The number of likely N-dealkylation sites (N-methyl/N-ethyl adjacent to an activating group) is 1. The lowest BCUT2D eigenvalue weighted by atomic mass is 9.82. The van der Waals surface area contributed by atoms with E-state index < -0.39 is 121 Å². The summed E-state index contributed by atoms with van der Waals surface area (Å²) >= 11 is 0. The number of cyclic esters (lactones) is 1. The maximum absolute atomic E-state index is 13.3. The molecule has 59 heavy (non-hydrogen) atoms. The lowest BCUT2D eigenvalue weighted by Crippen LogP contribution is -2.66. The molecule has 3 fully saturated rings. The molecule has 0 spiro atoms.